The lowest BCUT2D eigenvalue weighted by Gasteiger charge is -2.42. The molecule has 0 radical (unpaired) electrons. The Balaban J connectivity index is 1.54. The zero-order chi connectivity index (χ0) is 17.7. The zero-order valence-corrected chi connectivity index (χ0v) is 14.9. The lowest BCUT2D eigenvalue weighted by Crippen LogP contribution is -2.47. The number of fused-ring (bicyclic) bond motifs is 4. The maximum absolute atomic E-state index is 12.7. The van der Waals surface area contributed by atoms with Gasteiger partial charge in [0, 0.05) is 55.3 Å². The van der Waals surface area contributed by atoms with Crippen molar-refractivity contribution in [1.82, 2.24) is 19.7 Å². The number of nitrogen functional groups attached to an aromatic ring is 1. The highest BCUT2D eigenvalue weighted by Crippen LogP contribution is 2.38. The van der Waals surface area contributed by atoms with Crippen molar-refractivity contribution in [2.75, 3.05) is 23.7 Å². The SMILES string of the molecule is Nc1nnc(N2C[C@@H]3C[C@H](C2)c2cc(-c4cccnc4)cc(=O)n2C3)s1. The molecule has 3 aromatic heterocycles. The van der Waals surface area contributed by atoms with Gasteiger partial charge in [-0.2, -0.15) is 0 Å². The van der Waals surface area contributed by atoms with E-state index in [2.05, 4.69) is 26.1 Å². The van der Waals surface area contributed by atoms with E-state index in [1.807, 2.05) is 16.7 Å². The van der Waals surface area contributed by atoms with Gasteiger partial charge in [0.25, 0.3) is 5.56 Å². The van der Waals surface area contributed by atoms with Gasteiger partial charge in [0.2, 0.25) is 10.3 Å². The Kier molecular flexibility index (Phi) is 3.53. The first-order chi connectivity index (χ1) is 12.7. The van der Waals surface area contributed by atoms with Crippen LogP contribution in [0, 0.1) is 5.92 Å². The van der Waals surface area contributed by atoms with Crippen molar-refractivity contribution in [3.05, 3.63) is 52.7 Å². The molecule has 8 heteroatoms. The van der Waals surface area contributed by atoms with Crippen LogP contribution in [-0.2, 0) is 6.54 Å². The van der Waals surface area contributed by atoms with Crippen LogP contribution in [-0.4, -0.2) is 32.8 Å². The summed E-state index contributed by atoms with van der Waals surface area (Å²) in [7, 11) is 0. The van der Waals surface area contributed by atoms with E-state index >= 15 is 0 Å². The van der Waals surface area contributed by atoms with E-state index in [-0.39, 0.29) is 5.56 Å². The number of piperidine rings is 1. The second kappa shape index (κ2) is 5.91. The minimum atomic E-state index is 0.0738. The summed E-state index contributed by atoms with van der Waals surface area (Å²) in [5.74, 6) is 0.741. The summed E-state index contributed by atoms with van der Waals surface area (Å²) < 4.78 is 1.95. The molecular weight excluding hydrogens is 348 g/mol. The van der Waals surface area contributed by atoms with E-state index < -0.39 is 0 Å². The minimum Gasteiger partial charge on any atom is -0.374 e. The third-order valence-electron chi connectivity index (χ3n) is 5.25. The van der Waals surface area contributed by atoms with Gasteiger partial charge in [-0.05, 0) is 30.0 Å². The number of aromatic nitrogens is 4. The highest BCUT2D eigenvalue weighted by molar-refractivity contribution is 7.18. The number of pyridine rings is 2. The van der Waals surface area contributed by atoms with Crippen LogP contribution in [0.2, 0.25) is 0 Å². The Morgan fingerprint density at radius 3 is 2.85 bits per heavy atom. The largest absolute Gasteiger partial charge is 0.374 e. The number of rotatable bonds is 2. The van der Waals surface area contributed by atoms with E-state index in [0.717, 1.165) is 48.0 Å². The molecule has 132 valence electrons. The summed E-state index contributed by atoms with van der Waals surface area (Å²) in [5.41, 5.74) is 8.84. The molecule has 1 saturated heterocycles. The van der Waals surface area contributed by atoms with Gasteiger partial charge >= 0.3 is 0 Å². The first-order valence-corrected chi connectivity index (χ1v) is 9.48. The van der Waals surface area contributed by atoms with Crippen LogP contribution >= 0.6 is 11.3 Å². The van der Waals surface area contributed by atoms with Crippen LogP contribution in [0.25, 0.3) is 11.1 Å². The third-order valence-corrected chi connectivity index (χ3v) is 6.06. The van der Waals surface area contributed by atoms with E-state index in [4.69, 9.17) is 5.73 Å². The molecule has 2 aliphatic heterocycles. The summed E-state index contributed by atoms with van der Waals surface area (Å²) >= 11 is 1.42. The number of hydrogen-bond donors (Lipinski definition) is 1. The molecule has 5 rings (SSSR count). The van der Waals surface area contributed by atoms with Crippen molar-refractivity contribution < 1.29 is 0 Å². The Labute approximate surface area is 154 Å². The van der Waals surface area contributed by atoms with Crippen molar-refractivity contribution >= 4 is 21.6 Å². The van der Waals surface area contributed by atoms with Crippen LogP contribution in [0.4, 0.5) is 10.3 Å². The van der Waals surface area contributed by atoms with Crippen molar-refractivity contribution in [1.29, 1.82) is 0 Å². The number of nitrogens with zero attached hydrogens (tertiary/aromatic N) is 5. The lowest BCUT2D eigenvalue weighted by molar-refractivity contribution is 0.281. The Hall–Kier alpha value is -2.74. The summed E-state index contributed by atoms with van der Waals surface area (Å²) in [6.45, 7) is 2.48. The molecule has 0 unspecified atom stereocenters. The second-order valence-corrected chi connectivity index (χ2v) is 7.97. The summed E-state index contributed by atoms with van der Waals surface area (Å²) in [5, 5.41) is 9.50. The smallest absolute Gasteiger partial charge is 0.251 e. The van der Waals surface area contributed by atoms with Crippen LogP contribution < -0.4 is 16.2 Å². The Morgan fingerprint density at radius 2 is 2.08 bits per heavy atom. The molecule has 3 aromatic rings. The van der Waals surface area contributed by atoms with Gasteiger partial charge in [-0.1, -0.05) is 17.4 Å². The molecule has 0 aromatic carbocycles. The van der Waals surface area contributed by atoms with Gasteiger partial charge in [0.1, 0.15) is 0 Å². The molecule has 0 amide bonds. The maximum Gasteiger partial charge on any atom is 0.251 e. The highest BCUT2D eigenvalue weighted by atomic mass is 32.1. The van der Waals surface area contributed by atoms with Gasteiger partial charge in [-0.3, -0.25) is 9.78 Å². The quantitative estimate of drug-likeness (QED) is 0.746. The normalized spacial score (nSPS) is 21.5. The van der Waals surface area contributed by atoms with Crippen molar-refractivity contribution in [2.24, 2.45) is 5.92 Å². The first-order valence-electron chi connectivity index (χ1n) is 8.66. The maximum atomic E-state index is 12.7. The molecule has 2 N–H and O–H groups in total. The molecule has 2 aliphatic rings. The number of anilines is 2. The predicted molar refractivity (Wildman–Crippen MR) is 101 cm³/mol. The standard InChI is InChI=1S/C18H18N6OS/c19-17-21-22-18(26-17)23-8-11-4-14(10-23)15-5-13(6-16(25)24(15)9-11)12-2-1-3-20-7-12/h1-3,5-7,11,14H,4,8-10H2,(H2,19,21)/t11-,14+/m0/s1. The van der Waals surface area contributed by atoms with E-state index in [1.54, 1.807) is 18.5 Å². The molecule has 0 aliphatic carbocycles. The molecule has 5 heterocycles. The summed E-state index contributed by atoms with van der Waals surface area (Å²) in [4.78, 5) is 19.2. The van der Waals surface area contributed by atoms with Crippen molar-refractivity contribution in [3.8, 4) is 11.1 Å². The molecule has 7 nitrogen and oxygen atoms in total. The van der Waals surface area contributed by atoms with Crippen LogP contribution in [0.3, 0.4) is 0 Å². The van der Waals surface area contributed by atoms with E-state index in [9.17, 15) is 4.79 Å². The van der Waals surface area contributed by atoms with Gasteiger partial charge in [-0.15, -0.1) is 10.2 Å². The monoisotopic (exact) mass is 366 g/mol. The van der Waals surface area contributed by atoms with Crippen LogP contribution in [0.15, 0.2) is 41.5 Å². The first kappa shape index (κ1) is 15.5. The molecule has 0 saturated carbocycles. The summed E-state index contributed by atoms with van der Waals surface area (Å²) in [6, 6.07) is 7.76. The molecule has 2 atom stereocenters. The predicted octanol–water partition coefficient (Wildman–Crippen LogP) is 1.97. The average Bonchev–Trinajstić information content (AvgIpc) is 3.09. The topological polar surface area (TPSA) is 89.9 Å². The Bertz CT molecular complexity index is 1010. The van der Waals surface area contributed by atoms with Crippen molar-refractivity contribution in [2.45, 2.75) is 18.9 Å². The molecule has 2 bridgehead atoms. The highest BCUT2D eigenvalue weighted by Gasteiger charge is 2.36. The van der Waals surface area contributed by atoms with E-state index in [1.165, 1.54) is 11.3 Å². The molecule has 1 fully saturated rings. The fraction of sp³-hybridized carbons (Fsp3) is 0.333. The number of nitrogens with two attached hydrogens (primary N) is 1. The average molecular weight is 366 g/mol. The third kappa shape index (κ3) is 2.57. The van der Waals surface area contributed by atoms with Crippen molar-refractivity contribution in [3.63, 3.8) is 0 Å². The van der Waals surface area contributed by atoms with Crippen LogP contribution in [0.5, 0.6) is 0 Å². The van der Waals surface area contributed by atoms with Crippen LogP contribution in [0.1, 0.15) is 18.0 Å². The fourth-order valence-electron chi connectivity index (χ4n) is 4.17. The lowest BCUT2D eigenvalue weighted by atomic mass is 9.82. The van der Waals surface area contributed by atoms with Gasteiger partial charge in [0.15, 0.2) is 0 Å². The minimum absolute atomic E-state index is 0.0738. The van der Waals surface area contributed by atoms with Gasteiger partial charge in [0.05, 0.1) is 0 Å². The zero-order valence-electron chi connectivity index (χ0n) is 14.1. The van der Waals surface area contributed by atoms with Gasteiger partial charge < -0.3 is 15.2 Å². The number of hydrogen-bond acceptors (Lipinski definition) is 7. The van der Waals surface area contributed by atoms with Gasteiger partial charge in [-0.25, -0.2) is 0 Å². The molecule has 0 spiro atoms. The fourth-order valence-corrected chi connectivity index (χ4v) is 4.80. The summed E-state index contributed by atoms with van der Waals surface area (Å²) in [6.07, 6.45) is 4.64. The Morgan fingerprint density at radius 1 is 1.15 bits per heavy atom. The molecular formula is C18H18N6OS. The molecule has 26 heavy (non-hydrogen) atoms. The van der Waals surface area contributed by atoms with E-state index in [0.29, 0.717) is 17.0 Å². The second-order valence-electron chi connectivity index (χ2n) is 6.99.